The van der Waals surface area contributed by atoms with E-state index >= 15 is 0 Å². The molecule has 0 aliphatic rings. The molecule has 0 spiro atoms. The van der Waals surface area contributed by atoms with Crippen LogP contribution >= 0.6 is 0 Å². The molecular formula is C19H20N4O2. The lowest BCUT2D eigenvalue weighted by Crippen LogP contribution is -2.24. The van der Waals surface area contributed by atoms with Crippen molar-refractivity contribution < 1.29 is 9.53 Å². The number of hydrogen-bond donors (Lipinski definition) is 1. The number of benzene rings is 1. The van der Waals surface area contributed by atoms with E-state index in [1.807, 2.05) is 49.6 Å². The Morgan fingerprint density at radius 2 is 2.04 bits per heavy atom. The van der Waals surface area contributed by atoms with Crippen molar-refractivity contribution in [2.45, 2.75) is 13.0 Å². The molecule has 6 heteroatoms. The van der Waals surface area contributed by atoms with Crippen LogP contribution in [0.1, 0.15) is 11.1 Å². The highest BCUT2D eigenvalue weighted by Crippen LogP contribution is 2.20. The van der Waals surface area contributed by atoms with Gasteiger partial charge in [0.15, 0.2) is 0 Å². The van der Waals surface area contributed by atoms with Gasteiger partial charge in [-0.25, -0.2) is 0 Å². The van der Waals surface area contributed by atoms with Crippen LogP contribution in [-0.2, 0) is 24.8 Å². The fourth-order valence-corrected chi connectivity index (χ4v) is 2.57. The van der Waals surface area contributed by atoms with Gasteiger partial charge in [0, 0.05) is 31.5 Å². The molecule has 1 aromatic carbocycles. The van der Waals surface area contributed by atoms with Crippen molar-refractivity contribution in [2.75, 3.05) is 7.11 Å². The van der Waals surface area contributed by atoms with E-state index in [1.165, 1.54) is 0 Å². The van der Waals surface area contributed by atoms with Crippen LogP contribution in [0.15, 0.2) is 55.0 Å². The smallest absolute Gasteiger partial charge is 0.224 e. The van der Waals surface area contributed by atoms with Gasteiger partial charge in [0.25, 0.3) is 0 Å². The monoisotopic (exact) mass is 336 g/mol. The maximum absolute atomic E-state index is 12.2. The van der Waals surface area contributed by atoms with E-state index in [0.29, 0.717) is 13.0 Å². The van der Waals surface area contributed by atoms with Crippen molar-refractivity contribution in [3.8, 4) is 17.0 Å². The molecule has 25 heavy (non-hydrogen) atoms. The van der Waals surface area contributed by atoms with Crippen LogP contribution in [0, 0.1) is 0 Å². The number of carbonyl (C=O) groups excluding carboxylic acids is 1. The molecule has 0 aliphatic carbocycles. The Hall–Kier alpha value is -3.15. The summed E-state index contributed by atoms with van der Waals surface area (Å²) in [6, 6.07) is 11.3. The summed E-state index contributed by atoms with van der Waals surface area (Å²) < 4.78 is 6.85. The number of rotatable bonds is 6. The molecule has 0 saturated carbocycles. The number of amides is 1. The maximum Gasteiger partial charge on any atom is 0.224 e. The lowest BCUT2D eigenvalue weighted by Gasteiger charge is -2.09. The van der Waals surface area contributed by atoms with Crippen LogP contribution in [0.4, 0.5) is 0 Å². The minimum atomic E-state index is -0.0360. The van der Waals surface area contributed by atoms with Crippen molar-refractivity contribution in [1.29, 1.82) is 0 Å². The number of nitrogens with zero attached hydrogens (tertiary/aromatic N) is 3. The Bertz CT molecular complexity index is 856. The number of methoxy groups -OCH3 is 1. The molecule has 0 atom stereocenters. The normalized spacial score (nSPS) is 10.5. The molecule has 0 bridgehead atoms. The minimum absolute atomic E-state index is 0.0360. The predicted octanol–water partition coefficient (Wildman–Crippen LogP) is 2.35. The minimum Gasteiger partial charge on any atom is -0.497 e. The summed E-state index contributed by atoms with van der Waals surface area (Å²) in [5, 5.41) is 7.13. The zero-order valence-corrected chi connectivity index (χ0v) is 14.3. The van der Waals surface area contributed by atoms with E-state index in [2.05, 4.69) is 15.4 Å². The van der Waals surface area contributed by atoms with Crippen LogP contribution in [-0.4, -0.2) is 27.8 Å². The highest BCUT2D eigenvalue weighted by Gasteiger charge is 2.10. The quantitative estimate of drug-likeness (QED) is 0.750. The molecule has 2 heterocycles. The Balaban J connectivity index is 1.64. The number of aromatic nitrogens is 3. The summed E-state index contributed by atoms with van der Waals surface area (Å²) in [5.74, 6) is 0.742. The maximum atomic E-state index is 12.2. The summed E-state index contributed by atoms with van der Waals surface area (Å²) in [4.78, 5) is 16.6. The third-order valence-corrected chi connectivity index (χ3v) is 3.87. The van der Waals surface area contributed by atoms with Gasteiger partial charge in [-0.15, -0.1) is 0 Å². The van der Waals surface area contributed by atoms with E-state index < -0.39 is 0 Å². The van der Waals surface area contributed by atoms with E-state index in [9.17, 15) is 4.79 Å². The molecule has 0 aliphatic heterocycles. The average molecular weight is 336 g/mol. The predicted molar refractivity (Wildman–Crippen MR) is 95.0 cm³/mol. The number of pyridine rings is 1. The topological polar surface area (TPSA) is 69.0 Å². The molecule has 0 unspecified atom stereocenters. The highest BCUT2D eigenvalue weighted by molar-refractivity contribution is 5.78. The largest absolute Gasteiger partial charge is 0.497 e. The van der Waals surface area contributed by atoms with Crippen molar-refractivity contribution in [3.05, 3.63) is 66.1 Å². The van der Waals surface area contributed by atoms with Gasteiger partial charge in [-0.2, -0.15) is 5.10 Å². The van der Waals surface area contributed by atoms with Crippen molar-refractivity contribution in [1.82, 2.24) is 20.1 Å². The van der Waals surface area contributed by atoms with Gasteiger partial charge in [0.1, 0.15) is 5.75 Å². The summed E-state index contributed by atoms with van der Waals surface area (Å²) in [7, 11) is 3.48. The number of nitrogens with one attached hydrogen (secondary N) is 1. The van der Waals surface area contributed by atoms with Gasteiger partial charge >= 0.3 is 0 Å². The molecule has 128 valence electrons. The molecule has 0 saturated heterocycles. The molecule has 3 aromatic rings. The average Bonchev–Trinajstić information content (AvgIpc) is 3.07. The van der Waals surface area contributed by atoms with Gasteiger partial charge in [0.05, 0.1) is 25.4 Å². The first-order valence-electron chi connectivity index (χ1n) is 7.98. The van der Waals surface area contributed by atoms with Crippen LogP contribution in [0.2, 0.25) is 0 Å². The molecule has 3 rings (SSSR count). The number of aryl methyl sites for hydroxylation is 1. The number of ether oxygens (including phenoxy) is 1. The number of hydrogen-bond acceptors (Lipinski definition) is 4. The van der Waals surface area contributed by atoms with Crippen LogP contribution in [0.25, 0.3) is 11.3 Å². The molecular weight excluding hydrogens is 316 g/mol. The van der Waals surface area contributed by atoms with Crippen LogP contribution in [0.3, 0.4) is 0 Å². The number of carbonyl (C=O) groups is 1. The zero-order chi connectivity index (χ0) is 17.6. The fraction of sp³-hybridized carbons (Fsp3) is 0.211. The van der Waals surface area contributed by atoms with Crippen LogP contribution < -0.4 is 10.1 Å². The summed E-state index contributed by atoms with van der Waals surface area (Å²) >= 11 is 0. The Morgan fingerprint density at radius 1 is 1.24 bits per heavy atom. The zero-order valence-electron chi connectivity index (χ0n) is 14.3. The Kier molecular flexibility index (Phi) is 5.09. The molecule has 1 N–H and O–H groups in total. The molecule has 0 radical (unpaired) electrons. The second-order valence-electron chi connectivity index (χ2n) is 5.72. The van der Waals surface area contributed by atoms with Crippen molar-refractivity contribution in [3.63, 3.8) is 0 Å². The van der Waals surface area contributed by atoms with Crippen LogP contribution in [0.5, 0.6) is 5.75 Å². The molecule has 1 amide bonds. The first kappa shape index (κ1) is 16.7. The Morgan fingerprint density at radius 3 is 2.72 bits per heavy atom. The van der Waals surface area contributed by atoms with E-state index in [-0.39, 0.29) is 5.91 Å². The summed E-state index contributed by atoms with van der Waals surface area (Å²) in [6.45, 7) is 0.424. The lowest BCUT2D eigenvalue weighted by atomic mass is 10.1. The molecule has 0 fully saturated rings. The summed E-state index contributed by atoms with van der Waals surface area (Å²) in [6.07, 6.45) is 5.74. The third kappa shape index (κ3) is 4.23. The van der Waals surface area contributed by atoms with E-state index in [4.69, 9.17) is 4.74 Å². The second kappa shape index (κ2) is 7.61. The fourth-order valence-electron chi connectivity index (χ4n) is 2.57. The standard InChI is InChI=1S/C19H20N4O2/c1-23-13-16(12-22-23)19-15(4-3-9-20-19)11-21-18(24)10-14-5-7-17(25-2)8-6-14/h3-9,12-13H,10-11H2,1-2H3,(H,21,24). The van der Waals surface area contributed by atoms with Gasteiger partial charge in [-0.1, -0.05) is 18.2 Å². The highest BCUT2D eigenvalue weighted by atomic mass is 16.5. The van der Waals surface area contributed by atoms with E-state index in [1.54, 1.807) is 24.2 Å². The van der Waals surface area contributed by atoms with Gasteiger partial charge in [-0.3, -0.25) is 14.5 Å². The molecule has 2 aromatic heterocycles. The van der Waals surface area contributed by atoms with Gasteiger partial charge in [-0.05, 0) is 29.3 Å². The lowest BCUT2D eigenvalue weighted by molar-refractivity contribution is -0.120. The first-order valence-corrected chi connectivity index (χ1v) is 7.98. The second-order valence-corrected chi connectivity index (χ2v) is 5.72. The summed E-state index contributed by atoms with van der Waals surface area (Å²) in [5.41, 5.74) is 3.67. The van der Waals surface area contributed by atoms with Gasteiger partial charge in [0.2, 0.25) is 5.91 Å². The molecule has 6 nitrogen and oxygen atoms in total. The SMILES string of the molecule is COc1ccc(CC(=O)NCc2cccnc2-c2cnn(C)c2)cc1. The van der Waals surface area contributed by atoms with Crippen molar-refractivity contribution >= 4 is 5.91 Å². The third-order valence-electron chi connectivity index (χ3n) is 3.87. The van der Waals surface area contributed by atoms with Gasteiger partial charge < -0.3 is 10.1 Å². The Labute approximate surface area is 146 Å². The van der Waals surface area contributed by atoms with Crippen molar-refractivity contribution in [2.24, 2.45) is 7.05 Å². The first-order chi connectivity index (χ1) is 12.2. The van der Waals surface area contributed by atoms with E-state index in [0.717, 1.165) is 28.1 Å².